The minimum Gasteiger partial charge on any atom is -0.481 e. The molecule has 1 N–H and O–H groups in total. The van der Waals surface area contributed by atoms with Crippen molar-refractivity contribution in [1.29, 1.82) is 0 Å². The van der Waals surface area contributed by atoms with E-state index >= 15 is 0 Å². The van der Waals surface area contributed by atoms with Crippen molar-refractivity contribution >= 4 is 5.97 Å². The quantitative estimate of drug-likeness (QED) is 0.858. The lowest BCUT2D eigenvalue weighted by atomic mass is 9.82. The Kier molecular flexibility index (Phi) is 3.71. The summed E-state index contributed by atoms with van der Waals surface area (Å²) >= 11 is 0. The van der Waals surface area contributed by atoms with Crippen molar-refractivity contribution in [3.63, 3.8) is 0 Å². The van der Waals surface area contributed by atoms with Gasteiger partial charge in [-0.15, -0.1) is 5.10 Å². The normalized spacial score (nSPS) is 24.8. The minimum absolute atomic E-state index is 0.0706. The largest absolute Gasteiger partial charge is 0.481 e. The van der Waals surface area contributed by atoms with Crippen molar-refractivity contribution in [2.24, 2.45) is 5.92 Å². The third-order valence-corrected chi connectivity index (χ3v) is 3.48. The second-order valence-electron chi connectivity index (χ2n) is 4.86. The summed E-state index contributed by atoms with van der Waals surface area (Å²) in [5.74, 6) is 1.23. The molecule has 6 heteroatoms. The molecule has 1 aromatic heterocycles. The molecular formula is C11H18N4O2. The van der Waals surface area contributed by atoms with Crippen LogP contribution in [0.5, 0.6) is 0 Å². The average molecular weight is 238 g/mol. The molecule has 0 aromatic carbocycles. The fourth-order valence-corrected chi connectivity index (χ4v) is 2.38. The third kappa shape index (κ3) is 3.01. The van der Waals surface area contributed by atoms with Gasteiger partial charge in [-0.3, -0.25) is 4.79 Å². The second-order valence-corrected chi connectivity index (χ2v) is 4.86. The van der Waals surface area contributed by atoms with Crippen LogP contribution in [0.4, 0.5) is 0 Å². The first kappa shape index (κ1) is 12.0. The first-order valence-corrected chi connectivity index (χ1v) is 6.14. The van der Waals surface area contributed by atoms with E-state index in [-0.39, 0.29) is 6.42 Å². The molecular weight excluding hydrogens is 220 g/mol. The van der Waals surface area contributed by atoms with Gasteiger partial charge < -0.3 is 5.11 Å². The summed E-state index contributed by atoms with van der Waals surface area (Å²) in [6.45, 7) is 2.63. The van der Waals surface area contributed by atoms with Crippen molar-refractivity contribution in [2.75, 3.05) is 0 Å². The smallest absolute Gasteiger partial charge is 0.305 e. The number of aliphatic carboxylic acids is 1. The van der Waals surface area contributed by atoms with Crippen molar-refractivity contribution in [3.05, 3.63) is 5.82 Å². The number of carboxylic acid groups (broad SMARTS) is 1. The number of aromatic nitrogens is 4. The molecule has 0 bridgehead atoms. The summed E-state index contributed by atoms with van der Waals surface area (Å²) in [5, 5.41) is 20.3. The monoisotopic (exact) mass is 238 g/mol. The Morgan fingerprint density at radius 3 is 2.76 bits per heavy atom. The highest BCUT2D eigenvalue weighted by atomic mass is 16.4. The van der Waals surface area contributed by atoms with Gasteiger partial charge in [0.15, 0.2) is 5.82 Å². The highest BCUT2D eigenvalue weighted by molar-refractivity contribution is 5.66. The minimum atomic E-state index is -0.816. The molecule has 2 rings (SSSR count). The summed E-state index contributed by atoms with van der Waals surface area (Å²) in [7, 11) is 0. The number of hydrogen-bond donors (Lipinski definition) is 1. The van der Waals surface area contributed by atoms with Crippen molar-refractivity contribution in [2.45, 2.75) is 51.5 Å². The van der Waals surface area contributed by atoms with Gasteiger partial charge in [0.25, 0.3) is 0 Å². The van der Waals surface area contributed by atoms with E-state index in [1.165, 1.54) is 12.8 Å². The number of aryl methyl sites for hydroxylation is 1. The molecule has 1 fully saturated rings. The van der Waals surface area contributed by atoms with Crippen LogP contribution in [0.15, 0.2) is 0 Å². The highest BCUT2D eigenvalue weighted by Crippen LogP contribution is 2.34. The fraction of sp³-hybridized carbons (Fsp3) is 0.818. The Bertz CT molecular complexity index is 383. The Hall–Kier alpha value is -1.46. The van der Waals surface area contributed by atoms with E-state index in [1.54, 1.807) is 4.68 Å². The number of hydrogen-bond acceptors (Lipinski definition) is 4. The summed E-state index contributed by atoms with van der Waals surface area (Å²) in [4.78, 5) is 10.5. The van der Waals surface area contributed by atoms with Crippen molar-refractivity contribution in [1.82, 2.24) is 20.2 Å². The topological polar surface area (TPSA) is 80.9 Å². The van der Waals surface area contributed by atoms with E-state index in [4.69, 9.17) is 5.11 Å². The number of carbonyl (C=O) groups is 1. The molecule has 0 aliphatic heterocycles. The highest BCUT2D eigenvalue weighted by Gasteiger charge is 2.24. The summed E-state index contributed by atoms with van der Waals surface area (Å²) in [6.07, 6.45) is 4.69. The Labute approximate surface area is 100 Å². The number of nitrogens with zero attached hydrogens (tertiary/aromatic N) is 4. The summed E-state index contributed by atoms with van der Waals surface area (Å²) in [6, 6.07) is 0. The maximum absolute atomic E-state index is 10.5. The molecule has 0 radical (unpaired) electrons. The number of tetrazole rings is 1. The van der Waals surface area contributed by atoms with Crippen LogP contribution in [-0.2, 0) is 11.3 Å². The van der Waals surface area contributed by atoms with E-state index in [9.17, 15) is 4.79 Å². The zero-order chi connectivity index (χ0) is 12.3. The SMILES string of the molecule is CC1CCC(c2nnnn2CCC(=O)O)CC1. The lowest BCUT2D eigenvalue weighted by Gasteiger charge is -2.25. The van der Waals surface area contributed by atoms with Crippen molar-refractivity contribution < 1.29 is 9.90 Å². The molecule has 0 saturated heterocycles. The predicted molar refractivity (Wildman–Crippen MR) is 60.4 cm³/mol. The number of rotatable bonds is 4. The van der Waals surface area contributed by atoms with Gasteiger partial charge in [-0.05, 0) is 29.2 Å². The summed E-state index contributed by atoms with van der Waals surface area (Å²) < 4.78 is 1.65. The molecule has 1 aliphatic carbocycles. The van der Waals surface area contributed by atoms with E-state index in [1.807, 2.05) is 0 Å². The lowest BCUT2D eigenvalue weighted by Crippen LogP contribution is -2.17. The number of carboxylic acids is 1. The molecule has 0 atom stereocenters. The van der Waals surface area contributed by atoms with Crippen LogP contribution < -0.4 is 0 Å². The molecule has 0 spiro atoms. The maximum Gasteiger partial charge on any atom is 0.305 e. The first-order valence-electron chi connectivity index (χ1n) is 6.14. The molecule has 6 nitrogen and oxygen atoms in total. The van der Waals surface area contributed by atoms with Crippen LogP contribution in [0, 0.1) is 5.92 Å². The van der Waals surface area contributed by atoms with Crippen LogP contribution in [0.2, 0.25) is 0 Å². The zero-order valence-electron chi connectivity index (χ0n) is 10.0. The molecule has 0 unspecified atom stereocenters. The second kappa shape index (κ2) is 5.25. The first-order chi connectivity index (χ1) is 8.16. The lowest BCUT2D eigenvalue weighted by molar-refractivity contribution is -0.137. The van der Waals surface area contributed by atoms with Gasteiger partial charge in [-0.2, -0.15) is 0 Å². The molecule has 1 saturated carbocycles. The van der Waals surface area contributed by atoms with Gasteiger partial charge in [0.1, 0.15) is 0 Å². The third-order valence-electron chi connectivity index (χ3n) is 3.48. The van der Waals surface area contributed by atoms with Crippen LogP contribution in [0.3, 0.4) is 0 Å². The van der Waals surface area contributed by atoms with E-state index in [0.29, 0.717) is 12.5 Å². The summed E-state index contributed by atoms with van der Waals surface area (Å²) in [5.41, 5.74) is 0. The molecule has 1 aliphatic rings. The Balaban J connectivity index is 2.00. The van der Waals surface area contributed by atoms with Gasteiger partial charge in [0.2, 0.25) is 0 Å². The van der Waals surface area contributed by atoms with Crippen LogP contribution in [0.25, 0.3) is 0 Å². The molecule has 0 amide bonds. The maximum atomic E-state index is 10.5. The van der Waals surface area contributed by atoms with Gasteiger partial charge in [-0.1, -0.05) is 19.8 Å². The fourth-order valence-electron chi connectivity index (χ4n) is 2.38. The van der Waals surface area contributed by atoms with Gasteiger partial charge >= 0.3 is 5.97 Å². The average Bonchev–Trinajstić information content (AvgIpc) is 2.75. The van der Waals surface area contributed by atoms with Crippen LogP contribution in [-0.4, -0.2) is 31.3 Å². The van der Waals surface area contributed by atoms with Crippen LogP contribution in [0.1, 0.15) is 50.8 Å². The standard InChI is InChI=1S/C11H18N4O2/c1-8-2-4-9(5-3-8)11-12-13-14-15(11)7-6-10(16)17/h8-9H,2-7H2,1H3,(H,16,17). The predicted octanol–water partition coefficient (Wildman–Crippen LogP) is 1.44. The zero-order valence-corrected chi connectivity index (χ0v) is 10.0. The van der Waals surface area contributed by atoms with E-state index in [2.05, 4.69) is 22.4 Å². The molecule has 17 heavy (non-hydrogen) atoms. The van der Waals surface area contributed by atoms with Gasteiger partial charge in [0, 0.05) is 5.92 Å². The van der Waals surface area contributed by atoms with Gasteiger partial charge in [0.05, 0.1) is 13.0 Å². The molecule has 1 aromatic rings. The van der Waals surface area contributed by atoms with Crippen LogP contribution >= 0.6 is 0 Å². The Morgan fingerprint density at radius 1 is 1.41 bits per heavy atom. The van der Waals surface area contributed by atoms with E-state index in [0.717, 1.165) is 24.6 Å². The Morgan fingerprint density at radius 2 is 2.12 bits per heavy atom. The molecule has 1 heterocycles. The van der Waals surface area contributed by atoms with E-state index < -0.39 is 5.97 Å². The molecule has 94 valence electrons. The van der Waals surface area contributed by atoms with Crippen molar-refractivity contribution in [3.8, 4) is 0 Å². The van der Waals surface area contributed by atoms with Gasteiger partial charge in [-0.25, -0.2) is 4.68 Å².